The Morgan fingerprint density at radius 1 is 1.35 bits per heavy atom. The molecule has 1 atom stereocenters. The quantitative estimate of drug-likeness (QED) is 0.820. The zero-order valence-electron chi connectivity index (χ0n) is 11.7. The molecule has 1 aliphatic rings. The summed E-state index contributed by atoms with van der Waals surface area (Å²) in [5, 5.41) is 8.96. The Balaban J connectivity index is 1.99. The van der Waals surface area contributed by atoms with Crippen LogP contribution >= 0.6 is 0 Å². The largest absolute Gasteiger partial charge is 0.392 e. The van der Waals surface area contributed by atoms with Crippen molar-refractivity contribution < 1.29 is 13.5 Å². The maximum Gasteiger partial charge on any atom is 0.240 e. The van der Waals surface area contributed by atoms with Gasteiger partial charge in [0.05, 0.1) is 11.5 Å². The van der Waals surface area contributed by atoms with E-state index in [-0.39, 0.29) is 11.5 Å². The molecule has 1 fully saturated rings. The Morgan fingerprint density at radius 3 is 2.65 bits per heavy atom. The minimum Gasteiger partial charge on any atom is -0.392 e. The van der Waals surface area contributed by atoms with Gasteiger partial charge < -0.3 is 5.11 Å². The van der Waals surface area contributed by atoms with E-state index in [0.717, 1.165) is 25.9 Å². The van der Waals surface area contributed by atoms with Crippen molar-refractivity contribution in [3.8, 4) is 0 Å². The first-order chi connectivity index (χ1) is 9.56. The van der Waals surface area contributed by atoms with E-state index in [4.69, 9.17) is 5.11 Å². The SMILES string of the molecule is CCN1CCCC1CNS(=O)(=O)c1ccc(CO)cc1. The molecule has 1 unspecified atom stereocenters. The fourth-order valence-corrected chi connectivity index (χ4v) is 3.68. The molecule has 2 rings (SSSR count). The molecule has 1 aliphatic heterocycles. The number of rotatable bonds is 6. The number of hydrogen-bond donors (Lipinski definition) is 2. The minimum atomic E-state index is -3.46. The number of aliphatic hydroxyl groups excluding tert-OH is 1. The first-order valence-corrected chi connectivity index (χ1v) is 8.48. The zero-order valence-corrected chi connectivity index (χ0v) is 12.6. The molecule has 1 saturated heterocycles. The molecule has 0 aromatic heterocycles. The maximum absolute atomic E-state index is 12.2. The first kappa shape index (κ1) is 15.4. The fraction of sp³-hybridized carbons (Fsp3) is 0.571. The molecule has 1 aromatic carbocycles. The molecule has 1 aromatic rings. The highest BCUT2D eigenvalue weighted by Crippen LogP contribution is 2.17. The first-order valence-electron chi connectivity index (χ1n) is 7.00. The highest BCUT2D eigenvalue weighted by molar-refractivity contribution is 7.89. The average Bonchev–Trinajstić information content (AvgIpc) is 2.93. The Morgan fingerprint density at radius 2 is 2.05 bits per heavy atom. The van der Waals surface area contributed by atoms with Crippen LogP contribution in [-0.4, -0.2) is 44.1 Å². The lowest BCUT2D eigenvalue weighted by Gasteiger charge is -2.22. The Hall–Kier alpha value is -0.950. The van der Waals surface area contributed by atoms with Gasteiger partial charge in [0.25, 0.3) is 0 Å². The van der Waals surface area contributed by atoms with Crippen LogP contribution in [-0.2, 0) is 16.6 Å². The average molecular weight is 298 g/mol. The van der Waals surface area contributed by atoms with Crippen LogP contribution in [0.1, 0.15) is 25.3 Å². The second-order valence-electron chi connectivity index (χ2n) is 5.08. The molecule has 1 heterocycles. The Bertz CT molecular complexity index is 528. The van der Waals surface area contributed by atoms with Crippen molar-refractivity contribution in [2.45, 2.75) is 37.3 Å². The zero-order chi connectivity index (χ0) is 14.6. The normalized spacial score (nSPS) is 20.4. The summed E-state index contributed by atoms with van der Waals surface area (Å²) in [5.74, 6) is 0. The highest BCUT2D eigenvalue weighted by Gasteiger charge is 2.24. The number of likely N-dealkylation sites (tertiary alicyclic amines) is 1. The van der Waals surface area contributed by atoms with E-state index in [1.54, 1.807) is 12.1 Å². The summed E-state index contributed by atoms with van der Waals surface area (Å²) < 4.78 is 27.1. The number of hydrogen-bond acceptors (Lipinski definition) is 4. The molecule has 0 radical (unpaired) electrons. The Labute approximate surface area is 120 Å². The van der Waals surface area contributed by atoms with Crippen LogP contribution in [0.4, 0.5) is 0 Å². The maximum atomic E-state index is 12.2. The molecule has 0 saturated carbocycles. The molecular formula is C14H22N2O3S. The summed E-state index contributed by atoms with van der Waals surface area (Å²) in [6.07, 6.45) is 2.17. The molecule has 5 nitrogen and oxygen atoms in total. The van der Waals surface area contributed by atoms with E-state index in [2.05, 4.69) is 16.5 Å². The summed E-state index contributed by atoms with van der Waals surface area (Å²) in [6, 6.07) is 6.61. The highest BCUT2D eigenvalue weighted by atomic mass is 32.2. The fourth-order valence-electron chi connectivity index (χ4n) is 2.61. The van der Waals surface area contributed by atoms with Crippen LogP contribution in [0.25, 0.3) is 0 Å². The number of likely N-dealkylation sites (N-methyl/N-ethyl adjacent to an activating group) is 1. The minimum absolute atomic E-state index is 0.0821. The molecule has 6 heteroatoms. The van der Waals surface area contributed by atoms with E-state index in [1.807, 2.05) is 0 Å². The van der Waals surface area contributed by atoms with Crippen LogP contribution in [0.5, 0.6) is 0 Å². The summed E-state index contributed by atoms with van der Waals surface area (Å²) >= 11 is 0. The predicted octanol–water partition coefficient (Wildman–Crippen LogP) is 0.941. The summed E-state index contributed by atoms with van der Waals surface area (Å²) in [5.41, 5.74) is 0.705. The lowest BCUT2D eigenvalue weighted by molar-refractivity contribution is 0.268. The van der Waals surface area contributed by atoms with Crippen molar-refractivity contribution in [1.82, 2.24) is 9.62 Å². The monoisotopic (exact) mass is 298 g/mol. The van der Waals surface area contributed by atoms with Gasteiger partial charge in [-0.15, -0.1) is 0 Å². The molecule has 20 heavy (non-hydrogen) atoms. The van der Waals surface area contributed by atoms with Gasteiger partial charge in [-0.3, -0.25) is 4.90 Å². The third kappa shape index (κ3) is 3.58. The summed E-state index contributed by atoms with van der Waals surface area (Å²) in [7, 11) is -3.46. The molecule has 0 aliphatic carbocycles. The van der Waals surface area contributed by atoms with E-state index in [9.17, 15) is 8.42 Å². The number of aliphatic hydroxyl groups is 1. The van der Waals surface area contributed by atoms with Gasteiger partial charge in [0.15, 0.2) is 0 Å². The van der Waals surface area contributed by atoms with Gasteiger partial charge in [0, 0.05) is 12.6 Å². The van der Waals surface area contributed by atoms with E-state index >= 15 is 0 Å². The Kier molecular flexibility index (Phi) is 5.15. The summed E-state index contributed by atoms with van der Waals surface area (Å²) in [4.78, 5) is 2.55. The van der Waals surface area contributed by atoms with Crippen molar-refractivity contribution in [2.75, 3.05) is 19.6 Å². The van der Waals surface area contributed by atoms with Crippen LogP contribution in [0.2, 0.25) is 0 Å². The second-order valence-corrected chi connectivity index (χ2v) is 6.85. The van der Waals surface area contributed by atoms with Gasteiger partial charge in [-0.05, 0) is 43.6 Å². The summed E-state index contributed by atoms with van der Waals surface area (Å²) in [6.45, 7) is 4.48. The standard InChI is InChI=1S/C14H22N2O3S/c1-2-16-9-3-4-13(16)10-15-20(18,19)14-7-5-12(11-17)6-8-14/h5-8,13,15,17H,2-4,9-11H2,1H3. The van der Waals surface area contributed by atoms with Crippen molar-refractivity contribution in [2.24, 2.45) is 0 Å². The molecular weight excluding hydrogens is 276 g/mol. The van der Waals surface area contributed by atoms with E-state index in [0.29, 0.717) is 18.2 Å². The van der Waals surface area contributed by atoms with Gasteiger partial charge in [-0.2, -0.15) is 0 Å². The van der Waals surface area contributed by atoms with Crippen molar-refractivity contribution in [3.63, 3.8) is 0 Å². The van der Waals surface area contributed by atoms with Crippen LogP contribution in [0, 0.1) is 0 Å². The van der Waals surface area contributed by atoms with Crippen molar-refractivity contribution in [3.05, 3.63) is 29.8 Å². The van der Waals surface area contributed by atoms with Crippen LogP contribution in [0.3, 0.4) is 0 Å². The smallest absolute Gasteiger partial charge is 0.240 e. The molecule has 0 bridgehead atoms. The number of sulfonamides is 1. The van der Waals surface area contributed by atoms with Gasteiger partial charge in [-0.1, -0.05) is 19.1 Å². The van der Waals surface area contributed by atoms with Crippen LogP contribution in [0.15, 0.2) is 29.2 Å². The molecule has 2 N–H and O–H groups in total. The molecule has 112 valence electrons. The van der Waals surface area contributed by atoms with Gasteiger partial charge in [0.2, 0.25) is 10.0 Å². The second kappa shape index (κ2) is 6.67. The third-order valence-electron chi connectivity index (χ3n) is 3.83. The van der Waals surface area contributed by atoms with E-state index < -0.39 is 10.0 Å². The number of nitrogens with zero attached hydrogens (tertiary/aromatic N) is 1. The molecule has 0 amide bonds. The number of nitrogens with one attached hydrogen (secondary N) is 1. The van der Waals surface area contributed by atoms with Gasteiger partial charge in [0.1, 0.15) is 0 Å². The third-order valence-corrected chi connectivity index (χ3v) is 5.27. The molecule has 0 spiro atoms. The predicted molar refractivity (Wildman–Crippen MR) is 77.8 cm³/mol. The van der Waals surface area contributed by atoms with Gasteiger partial charge in [-0.25, -0.2) is 13.1 Å². The van der Waals surface area contributed by atoms with Crippen LogP contribution < -0.4 is 4.72 Å². The lowest BCUT2D eigenvalue weighted by Crippen LogP contribution is -2.39. The van der Waals surface area contributed by atoms with Gasteiger partial charge >= 0.3 is 0 Å². The van der Waals surface area contributed by atoms with E-state index in [1.165, 1.54) is 12.1 Å². The topological polar surface area (TPSA) is 69.6 Å². The number of benzene rings is 1. The van der Waals surface area contributed by atoms with Crippen molar-refractivity contribution in [1.29, 1.82) is 0 Å². The lowest BCUT2D eigenvalue weighted by atomic mass is 10.2. The van der Waals surface area contributed by atoms with Crippen molar-refractivity contribution >= 4 is 10.0 Å².